The number of likely N-dealkylation sites (tertiary alicyclic amines) is 1. The second kappa shape index (κ2) is 9.57. The van der Waals surface area contributed by atoms with Crippen LogP contribution in [-0.2, 0) is 11.3 Å². The Bertz CT molecular complexity index is 583. The van der Waals surface area contributed by atoms with Crippen LogP contribution >= 0.6 is 0 Å². The summed E-state index contributed by atoms with van der Waals surface area (Å²) in [5.74, 6) is -0.888. The highest BCUT2D eigenvalue weighted by atomic mass is 16.4. The molecule has 1 fully saturated rings. The molecule has 2 rings (SSSR count). The zero-order valence-corrected chi connectivity index (χ0v) is 15.9. The smallest absolute Gasteiger partial charge is 0.317 e. The molecule has 1 aliphatic rings. The van der Waals surface area contributed by atoms with Gasteiger partial charge in [0.2, 0.25) is 0 Å². The fraction of sp³-hybridized carbons (Fsp3) is 0.600. The lowest BCUT2D eigenvalue weighted by Gasteiger charge is -2.41. The van der Waals surface area contributed by atoms with E-state index in [9.17, 15) is 9.59 Å². The Labute approximate surface area is 156 Å². The number of urea groups is 1. The molecule has 0 radical (unpaired) electrons. The Morgan fingerprint density at radius 1 is 1.23 bits per heavy atom. The molecule has 0 atom stereocenters. The molecule has 0 aliphatic carbocycles. The van der Waals surface area contributed by atoms with Gasteiger partial charge in [0.1, 0.15) is 0 Å². The summed E-state index contributed by atoms with van der Waals surface area (Å²) in [5.41, 5.74) is 1.47. The van der Waals surface area contributed by atoms with E-state index in [4.69, 9.17) is 5.11 Å². The molecule has 1 saturated heterocycles. The molecule has 0 aromatic heterocycles. The van der Waals surface area contributed by atoms with E-state index in [0.29, 0.717) is 6.54 Å². The fourth-order valence-electron chi connectivity index (χ4n) is 3.45. The second-order valence-electron chi connectivity index (χ2n) is 7.34. The zero-order valence-electron chi connectivity index (χ0n) is 15.9. The summed E-state index contributed by atoms with van der Waals surface area (Å²) in [6.07, 6.45) is 3.13. The number of amides is 2. The SMILES string of the molecule is CCC1(CNC(=O)N(C)CCC(=O)O)CCN(Cc2ccccc2)CC1. The molecule has 2 amide bonds. The third-order valence-corrected chi connectivity index (χ3v) is 5.54. The lowest BCUT2D eigenvalue weighted by Crippen LogP contribution is -2.48. The summed E-state index contributed by atoms with van der Waals surface area (Å²) >= 11 is 0. The number of carboxylic acid groups (broad SMARTS) is 1. The van der Waals surface area contributed by atoms with Gasteiger partial charge in [-0.1, -0.05) is 37.3 Å². The van der Waals surface area contributed by atoms with E-state index in [2.05, 4.69) is 41.4 Å². The predicted octanol–water partition coefficient (Wildman–Crippen LogP) is 2.79. The van der Waals surface area contributed by atoms with Gasteiger partial charge in [-0.3, -0.25) is 9.69 Å². The van der Waals surface area contributed by atoms with Crippen LogP contribution in [0, 0.1) is 5.41 Å². The quantitative estimate of drug-likeness (QED) is 0.747. The minimum Gasteiger partial charge on any atom is -0.481 e. The Kier molecular flexibility index (Phi) is 7.45. The van der Waals surface area contributed by atoms with Gasteiger partial charge in [-0.25, -0.2) is 4.79 Å². The van der Waals surface area contributed by atoms with Crippen molar-refractivity contribution in [2.75, 3.05) is 33.2 Å². The minimum atomic E-state index is -0.888. The average Bonchev–Trinajstić information content (AvgIpc) is 2.66. The van der Waals surface area contributed by atoms with Gasteiger partial charge in [0.25, 0.3) is 0 Å². The van der Waals surface area contributed by atoms with Gasteiger partial charge in [-0.15, -0.1) is 0 Å². The maximum atomic E-state index is 12.2. The van der Waals surface area contributed by atoms with Crippen molar-refractivity contribution in [1.29, 1.82) is 0 Å². The van der Waals surface area contributed by atoms with Crippen LogP contribution in [0.5, 0.6) is 0 Å². The monoisotopic (exact) mass is 361 g/mol. The van der Waals surface area contributed by atoms with Crippen LogP contribution in [0.3, 0.4) is 0 Å². The molecular formula is C20H31N3O3. The normalized spacial score (nSPS) is 16.8. The first-order valence-corrected chi connectivity index (χ1v) is 9.41. The highest BCUT2D eigenvalue weighted by Gasteiger charge is 2.33. The van der Waals surface area contributed by atoms with Gasteiger partial charge in [-0.05, 0) is 43.3 Å². The van der Waals surface area contributed by atoms with Crippen molar-refractivity contribution in [2.45, 2.75) is 39.2 Å². The average molecular weight is 361 g/mol. The standard InChI is InChI=1S/C20H31N3O3/c1-3-20(16-21-19(26)22(2)12-9-18(24)25)10-13-23(14-11-20)15-17-7-5-4-6-8-17/h4-8H,3,9-16H2,1-2H3,(H,21,26)(H,24,25). The van der Waals surface area contributed by atoms with Crippen LogP contribution in [0.25, 0.3) is 0 Å². The first-order valence-electron chi connectivity index (χ1n) is 9.41. The topological polar surface area (TPSA) is 72.9 Å². The van der Waals surface area contributed by atoms with E-state index in [0.717, 1.165) is 38.9 Å². The van der Waals surface area contributed by atoms with Crippen molar-refractivity contribution >= 4 is 12.0 Å². The fourth-order valence-corrected chi connectivity index (χ4v) is 3.45. The molecule has 1 aromatic rings. The Hall–Kier alpha value is -2.08. The third-order valence-electron chi connectivity index (χ3n) is 5.54. The van der Waals surface area contributed by atoms with Crippen LogP contribution in [0.4, 0.5) is 4.79 Å². The van der Waals surface area contributed by atoms with E-state index in [1.54, 1.807) is 7.05 Å². The molecule has 1 aromatic carbocycles. The molecule has 2 N–H and O–H groups in total. The number of benzene rings is 1. The molecule has 6 nitrogen and oxygen atoms in total. The minimum absolute atomic E-state index is 0.0305. The molecule has 0 spiro atoms. The van der Waals surface area contributed by atoms with Crippen LogP contribution in [0.2, 0.25) is 0 Å². The molecule has 6 heteroatoms. The summed E-state index contributed by atoms with van der Waals surface area (Å²) in [6.45, 7) is 6.11. The summed E-state index contributed by atoms with van der Waals surface area (Å²) in [6, 6.07) is 10.3. The molecule has 1 aliphatic heterocycles. The van der Waals surface area contributed by atoms with Crippen molar-refractivity contribution < 1.29 is 14.7 Å². The van der Waals surface area contributed by atoms with Gasteiger partial charge < -0.3 is 15.3 Å². The van der Waals surface area contributed by atoms with Gasteiger partial charge >= 0.3 is 12.0 Å². The molecule has 144 valence electrons. The van der Waals surface area contributed by atoms with E-state index < -0.39 is 5.97 Å². The van der Waals surface area contributed by atoms with Gasteiger partial charge in [-0.2, -0.15) is 0 Å². The summed E-state index contributed by atoms with van der Waals surface area (Å²) in [5, 5.41) is 11.7. The van der Waals surface area contributed by atoms with Gasteiger partial charge in [0, 0.05) is 26.7 Å². The lowest BCUT2D eigenvalue weighted by atomic mass is 9.76. The first-order chi connectivity index (χ1) is 12.4. The van der Waals surface area contributed by atoms with Gasteiger partial charge in [0.15, 0.2) is 0 Å². The maximum Gasteiger partial charge on any atom is 0.317 e. The van der Waals surface area contributed by atoms with Gasteiger partial charge in [0.05, 0.1) is 6.42 Å². The van der Waals surface area contributed by atoms with Crippen LogP contribution in [-0.4, -0.2) is 60.1 Å². The Morgan fingerprint density at radius 3 is 2.46 bits per heavy atom. The molecule has 0 bridgehead atoms. The highest BCUT2D eigenvalue weighted by molar-refractivity contribution is 5.75. The van der Waals surface area contributed by atoms with E-state index in [-0.39, 0.29) is 24.4 Å². The number of nitrogens with zero attached hydrogens (tertiary/aromatic N) is 2. The van der Waals surface area contributed by atoms with Crippen LogP contribution in [0.15, 0.2) is 30.3 Å². The van der Waals surface area contributed by atoms with Crippen LogP contribution in [0.1, 0.15) is 38.2 Å². The Balaban J connectivity index is 1.79. The highest BCUT2D eigenvalue weighted by Crippen LogP contribution is 2.34. The van der Waals surface area contributed by atoms with E-state index >= 15 is 0 Å². The maximum absolute atomic E-state index is 12.2. The number of rotatable bonds is 8. The van der Waals surface area contributed by atoms with E-state index in [1.165, 1.54) is 10.5 Å². The number of piperidine rings is 1. The van der Waals surface area contributed by atoms with Crippen LogP contribution < -0.4 is 5.32 Å². The lowest BCUT2D eigenvalue weighted by molar-refractivity contribution is -0.137. The number of nitrogens with one attached hydrogen (secondary N) is 1. The summed E-state index contributed by atoms with van der Waals surface area (Å²) in [7, 11) is 1.64. The summed E-state index contributed by atoms with van der Waals surface area (Å²) < 4.78 is 0. The molecule has 26 heavy (non-hydrogen) atoms. The zero-order chi connectivity index (χ0) is 19.0. The first kappa shape index (κ1) is 20.2. The third kappa shape index (κ3) is 6.02. The molecule has 0 unspecified atom stereocenters. The second-order valence-corrected chi connectivity index (χ2v) is 7.34. The molecular weight excluding hydrogens is 330 g/mol. The van der Waals surface area contributed by atoms with E-state index in [1.807, 2.05) is 6.07 Å². The summed E-state index contributed by atoms with van der Waals surface area (Å²) in [4.78, 5) is 26.7. The molecule has 0 saturated carbocycles. The number of hydrogen-bond donors (Lipinski definition) is 2. The number of aliphatic carboxylic acids is 1. The van der Waals surface area contributed by atoms with Crippen molar-refractivity contribution in [3.63, 3.8) is 0 Å². The van der Waals surface area contributed by atoms with Crippen molar-refractivity contribution in [3.05, 3.63) is 35.9 Å². The number of carbonyl (C=O) groups is 2. The van der Waals surface area contributed by atoms with Crippen molar-refractivity contribution in [3.8, 4) is 0 Å². The number of carbonyl (C=O) groups excluding carboxylic acids is 1. The number of hydrogen-bond acceptors (Lipinski definition) is 3. The van der Waals surface area contributed by atoms with Crippen molar-refractivity contribution in [1.82, 2.24) is 15.1 Å². The Morgan fingerprint density at radius 2 is 1.88 bits per heavy atom. The molecule has 1 heterocycles. The predicted molar refractivity (Wildman–Crippen MR) is 102 cm³/mol. The van der Waals surface area contributed by atoms with Crippen molar-refractivity contribution in [2.24, 2.45) is 5.41 Å². The number of carboxylic acids is 1. The largest absolute Gasteiger partial charge is 0.481 e.